The third-order valence-electron chi connectivity index (χ3n) is 3.59. The molecule has 0 bridgehead atoms. The van der Waals surface area contributed by atoms with Crippen molar-refractivity contribution in [2.24, 2.45) is 17.0 Å². The second-order valence-electron chi connectivity index (χ2n) is 5.49. The van der Waals surface area contributed by atoms with E-state index in [2.05, 4.69) is 12.1 Å². The standard InChI is InChI=1S/C12H19NO4/c1-7-4-5-16-8(6-7)9-10(11(14)15)13-17-12(9,2)3/h7-9H,4-6H2,1-3H3,(H,14,15)/t7-,8+,9-/m0/s1. The largest absolute Gasteiger partial charge is 0.477 e. The van der Waals surface area contributed by atoms with Crippen molar-refractivity contribution in [2.45, 2.75) is 45.3 Å². The van der Waals surface area contributed by atoms with Crippen LogP contribution in [0.25, 0.3) is 0 Å². The van der Waals surface area contributed by atoms with E-state index >= 15 is 0 Å². The monoisotopic (exact) mass is 241 g/mol. The van der Waals surface area contributed by atoms with E-state index in [9.17, 15) is 4.79 Å². The van der Waals surface area contributed by atoms with E-state index < -0.39 is 11.6 Å². The summed E-state index contributed by atoms with van der Waals surface area (Å²) in [4.78, 5) is 16.4. The topological polar surface area (TPSA) is 68.1 Å². The van der Waals surface area contributed by atoms with Crippen molar-refractivity contribution in [3.8, 4) is 0 Å². The van der Waals surface area contributed by atoms with Gasteiger partial charge in [0.15, 0.2) is 5.71 Å². The van der Waals surface area contributed by atoms with Crippen LogP contribution in [-0.2, 0) is 14.4 Å². The quantitative estimate of drug-likeness (QED) is 0.798. The van der Waals surface area contributed by atoms with Crippen LogP contribution in [0, 0.1) is 11.8 Å². The molecule has 2 aliphatic rings. The zero-order valence-electron chi connectivity index (χ0n) is 10.5. The Morgan fingerprint density at radius 2 is 2.24 bits per heavy atom. The molecule has 1 N–H and O–H groups in total. The Morgan fingerprint density at radius 1 is 1.53 bits per heavy atom. The number of carboxylic acid groups (broad SMARTS) is 1. The normalized spacial score (nSPS) is 36.2. The van der Waals surface area contributed by atoms with Gasteiger partial charge in [0.05, 0.1) is 12.0 Å². The molecule has 5 nitrogen and oxygen atoms in total. The highest BCUT2D eigenvalue weighted by molar-refractivity contribution is 6.37. The first kappa shape index (κ1) is 12.4. The highest BCUT2D eigenvalue weighted by atomic mass is 16.7. The van der Waals surface area contributed by atoms with Gasteiger partial charge < -0.3 is 14.7 Å². The molecule has 96 valence electrons. The van der Waals surface area contributed by atoms with Crippen LogP contribution in [0.5, 0.6) is 0 Å². The van der Waals surface area contributed by atoms with Crippen molar-refractivity contribution in [3.63, 3.8) is 0 Å². The van der Waals surface area contributed by atoms with Crippen molar-refractivity contribution < 1.29 is 19.5 Å². The molecule has 0 aromatic carbocycles. The van der Waals surface area contributed by atoms with Crippen molar-refractivity contribution in [1.29, 1.82) is 0 Å². The molecule has 5 heteroatoms. The van der Waals surface area contributed by atoms with Crippen LogP contribution >= 0.6 is 0 Å². The van der Waals surface area contributed by atoms with Gasteiger partial charge in [-0.3, -0.25) is 0 Å². The zero-order chi connectivity index (χ0) is 12.6. The van der Waals surface area contributed by atoms with Gasteiger partial charge in [-0.05, 0) is 32.6 Å². The molecule has 0 aromatic rings. The summed E-state index contributed by atoms with van der Waals surface area (Å²) in [5.74, 6) is -0.745. The molecule has 0 aliphatic carbocycles. The van der Waals surface area contributed by atoms with E-state index in [0.717, 1.165) is 12.8 Å². The Balaban J connectivity index is 2.20. The zero-order valence-corrected chi connectivity index (χ0v) is 10.5. The highest BCUT2D eigenvalue weighted by Gasteiger charge is 2.50. The lowest BCUT2D eigenvalue weighted by Gasteiger charge is -2.36. The first-order valence-electron chi connectivity index (χ1n) is 6.03. The fourth-order valence-corrected chi connectivity index (χ4v) is 2.64. The van der Waals surface area contributed by atoms with Gasteiger partial charge in [0.25, 0.3) is 0 Å². The van der Waals surface area contributed by atoms with Gasteiger partial charge >= 0.3 is 5.97 Å². The summed E-state index contributed by atoms with van der Waals surface area (Å²) >= 11 is 0. The van der Waals surface area contributed by atoms with Crippen molar-refractivity contribution in [3.05, 3.63) is 0 Å². The lowest BCUT2D eigenvalue weighted by Crippen LogP contribution is -2.46. The van der Waals surface area contributed by atoms with Crippen LogP contribution in [-0.4, -0.2) is 35.1 Å². The molecule has 2 rings (SSSR count). The molecule has 1 saturated heterocycles. The fraction of sp³-hybridized carbons (Fsp3) is 0.833. The smallest absolute Gasteiger partial charge is 0.354 e. The van der Waals surface area contributed by atoms with E-state index in [1.165, 1.54) is 0 Å². The SMILES string of the molecule is C[C@H]1CCO[C@@H]([C@H]2C(C(=O)O)=NOC2(C)C)C1. The summed E-state index contributed by atoms with van der Waals surface area (Å²) in [5, 5.41) is 12.9. The summed E-state index contributed by atoms with van der Waals surface area (Å²) in [6.45, 7) is 6.57. The third-order valence-corrected chi connectivity index (χ3v) is 3.59. The molecular weight excluding hydrogens is 222 g/mol. The van der Waals surface area contributed by atoms with Crippen LogP contribution in [0.4, 0.5) is 0 Å². The molecule has 0 unspecified atom stereocenters. The minimum Gasteiger partial charge on any atom is -0.477 e. The van der Waals surface area contributed by atoms with Gasteiger partial charge in [-0.1, -0.05) is 12.1 Å². The van der Waals surface area contributed by atoms with Crippen LogP contribution in [0.1, 0.15) is 33.6 Å². The number of aliphatic carboxylic acids is 1. The minimum atomic E-state index is -1.01. The number of carboxylic acids is 1. The molecule has 2 heterocycles. The maximum absolute atomic E-state index is 11.2. The molecule has 0 aromatic heterocycles. The van der Waals surface area contributed by atoms with Crippen LogP contribution < -0.4 is 0 Å². The van der Waals surface area contributed by atoms with E-state index in [0.29, 0.717) is 12.5 Å². The number of nitrogens with zero attached hydrogens (tertiary/aromatic N) is 1. The lowest BCUT2D eigenvalue weighted by molar-refractivity contribution is -0.130. The molecule has 0 amide bonds. The minimum absolute atomic E-state index is 0.0918. The predicted molar refractivity (Wildman–Crippen MR) is 61.9 cm³/mol. The molecule has 17 heavy (non-hydrogen) atoms. The Bertz CT molecular complexity index is 350. The number of rotatable bonds is 2. The average molecular weight is 241 g/mol. The Morgan fingerprint density at radius 3 is 2.82 bits per heavy atom. The number of ether oxygens (including phenoxy) is 1. The second-order valence-corrected chi connectivity index (χ2v) is 5.49. The summed E-state index contributed by atoms with van der Waals surface area (Å²) in [6.07, 6.45) is 1.79. The molecule has 0 spiro atoms. The van der Waals surface area contributed by atoms with E-state index in [-0.39, 0.29) is 17.7 Å². The number of oxime groups is 1. The lowest BCUT2D eigenvalue weighted by atomic mass is 9.78. The van der Waals surface area contributed by atoms with Gasteiger partial charge in [-0.2, -0.15) is 0 Å². The van der Waals surface area contributed by atoms with E-state index in [1.807, 2.05) is 13.8 Å². The van der Waals surface area contributed by atoms with Gasteiger partial charge in [0.2, 0.25) is 0 Å². The third kappa shape index (κ3) is 2.29. The summed E-state index contributed by atoms with van der Waals surface area (Å²) < 4.78 is 5.72. The average Bonchev–Trinajstić information content (AvgIpc) is 2.54. The van der Waals surface area contributed by atoms with Crippen molar-refractivity contribution in [2.75, 3.05) is 6.61 Å². The first-order valence-corrected chi connectivity index (χ1v) is 6.03. The van der Waals surface area contributed by atoms with Crippen LogP contribution in [0.15, 0.2) is 5.16 Å². The molecular formula is C12H19NO4. The summed E-state index contributed by atoms with van der Waals surface area (Å²) in [6, 6.07) is 0. The molecule has 3 atom stereocenters. The Kier molecular flexibility index (Phi) is 3.12. The summed E-state index contributed by atoms with van der Waals surface area (Å²) in [7, 11) is 0. The Hall–Kier alpha value is -1.10. The van der Waals surface area contributed by atoms with Gasteiger partial charge in [0.1, 0.15) is 5.60 Å². The fourth-order valence-electron chi connectivity index (χ4n) is 2.64. The number of carbonyl (C=O) groups is 1. The highest BCUT2D eigenvalue weighted by Crippen LogP contribution is 2.37. The maximum Gasteiger partial charge on any atom is 0.354 e. The maximum atomic E-state index is 11.2. The number of hydrogen-bond acceptors (Lipinski definition) is 4. The van der Waals surface area contributed by atoms with Gasteiger partial charge in [-0.15, -0.1) is 0 Å². The predicted octanol–water partition coefficient (Wildman–Crippen LogP) is 1.67. The summed E-state index contributed by atoms with van der Waals surface area (Å²) in [5.41, 5.74) is -0.510. The second kappa shape index (κ2) is 4.29. The number of hydrogen-bond donors (Lipinski definition) is 1. The van der Waals surface area contributed by atoms with Gasteiger partial charge in [0, 0.05) is 6.61 Å². The van der Waals surface area contributed by atoms with Crippen LogP contribution in [0.2, 0.25) is 0 Å². The van der Waals surface area contributed by atoms with Crippen molar-refractivity contribution in [1.82, 2.24) is 0 Å². The van der Waals surface area contributed by atoms with Crippen molar-refractivity contribution >= 4 is 11.7 Å². The molecule has 0 saturated carbocycles. The first-order chi connectivity index (χ1) is 7.92. The van der Waals surface area contributed by atoms with Gasteiger partial charge in [-0.25, -0.2) is 4.79 Å². The molecule has 1 fully saturated rings. The van der Waals surface area contributed by atoms with E-state index in [4.69, 9.17) is 14.7 Å². The Labute approximate surface area is 101 Å². The molecule has 0 radical (unpaired) electrons. The molecule has 2 aliphatic heterocycles. The van der Waals surface area contributed by atoms with E-state index in [1.54, 1.807) is 0 Å². The van der Waals surface area contributed by atoms with Crippen LogP contribution in [0.3, 0.4) is 0 Å².